The summed E-state index contributed by atoms with van der Waals surface area (Å²) in [5, 5.41) is 2.46. The van der Waals surface area contributed by atoms with E-state index in [0.29, 0.717) is 5.69 Å². The van der Waals surface area contributed by atoms with E-state index in [1.165, 1.54) is 6.07 Å². The van der Waals surface area contributed by atoms with Gasteiger partial charge in [-0.05, 0) is 24.5 Å². The average Bonchev–Trinajstić information content (AvgIpc) is 2.27. The van der Waals surface area contributed by atoms with Crippen LogP contribution in [0.15, 0.2) is 16.9 Å². The molecule has 1 aromatic heterocycles. The summed E-state index contributed by atoms with van der Waals surface area (Å²) in [5.41, 5.74) is -0.338. The molecule has 0 aliphatic heterocycles. The minimum absolute atomic E-state index is 0.0788. The Labute approximate surface area is 124 Å². The maximum atomic E-state index is 12.3. The zero-order chi connectivity index (χ0) is 16.4. The van der Waals surface area contributed by atoms with E-state index < -0.39 is 32.9 Å². The first kappa shape index (κ1) is 17.4. The molecule has 0 bridgehead atoms. The van der Waals surface area contributed by atoms with Crippen molar-refractivity contribution in [3.05, 3.63) is 28.2 Å². The number of hydrogen-bond acceptors (Lipinski definition) is 4. The Balaban J connectivity index is 3.04. The highest BCUT2D eigenvalue weighted by molar-refractivity contribution is 7.88. The number of hydrogen-bond donors (Lipinski definition) is 3. The monoisotopic (exact) mass is 315 g/mol. The number of carbonyl (C=O) groups excluding carboxylic acids is 1. The maximum absolute atomic E-state index is 12.3. The van der Waals surface area contributed by atoms with Crippen molar-refractivity contribution in [2.45, 2.75) is 33.7 Å². The normalized spacial score (nSPS) is 13.8. The molecule has 1 amide bonds. The minimum atomic E-state index is -3.56. The Morgan fingerprint density at radius 1 is 1.29 bits per heavy atom. The van der Waals surface area contributed by atoms with E-state index in [0.717, 1.165) is 6.26 Å². The lowest BCUT2D eigenvalue weighted by atomic mass is 9.87. The molecule has 0 aliphatic rings. The molecular formula is C13H21N3O4S. The van der Waals surface area contributed by atoms with Gasteiger partial charge in [0.25, 0.3) is 5.56 Å². The summed E-state index contributed by atoms with van der Waals surface area (Å²) in [4.78, 5) is 26.6. The quantitative estimate of drug-likeness (QED) is 0.755. The van der Waals surface area contributed by atoms with Crippen molar-refractivity contribution < 1.29 is 13.2 Å². The van der Waals surface area contributed by atoms with Gasteiger partial charge in [-0.1, -0.05) is 20.8 Å². The van der Waals surface area contributed by atoms with Gasteiger partial charge >= 0.3 is 0 Å². The van der Waals surface area contributed by atoms with Gasteiger partial charge in [0, 0.05) is 5.69 Å². The van der Waals surface area contributed by atoms with Gasteiger partial charge in [0.15, 0.2) is 0 Å². The second-order valence-electron chi connectivity index (χ2n) is 6.06. The van der Waals surface area contributed by atoms with Gasteiger partial charge in [-0.2, -0.15) is 0 Å². The summed E-state index contributed by atoms with van der Waals surface area (Å²) >= 11 is 0. The molecule has 3 N–H and O–H groups in total. The number of amides is 1. The molecule has 0 aliphatic carbocycles. The lowest BCUT2D eigenvalue weighted by Gasteiger charge is -2.29. The molecule has 0 spiro atoms. The lowest BCUT2D eigenvalue weighted by molar-refractivity contribution is -0.119. The number of rotatable bonds is 4. The topological polar surface area (TPSA) is 108 Å². The molecule has 8 heteroatoms. The average molecular weight is 315 g/mol. The summed E-state index contributed by atoms with van der Waals surface area (Å²) in [6.45, 7) is 6.91. The molecule has 1 rings (SSSR count). The van der Waals surface area contributed by atoms with Crippen LogP contribution in [-0.4, -0.2) is 31.6 Å². The predicted molar refractivity (Wildman–Crippen MR) is 81.7 cm³/mol. The number of aromatic nitrogens is 1. The van der Waals surface area contributed by atoms with E-state index in [-0.39, 0.29) is 5.69 Å². The van der Waals surface area contributed by atoms with Crippen LogP contribution in [0.5, 0.6) is 0 Å². The van der Waals surface area contributed by atoms with Gasteiger partial charge in [-0.15, -0.1) is 0 Å². The molecule has 0 unspecified atom stereocenters. The summed E-state index contributed by atoms with van der Waals surface area (Å²) in [5.74, 6) is -0.581. The largest absolute Gasteiger partial charge is 0.325 e. The molecule has 0 saturated heterocycles. The summed E-state index contributed by atoms with van der Waals surface area (Å²) < 4.78 is 25.1. The fraction of sp³-hybridized carbons (Fsp3) is 0.538. The van der Waals surface area contributed by atoms with Crippen molar-refractivity contribution >= 4 is 21.6 Å². The van der Waals surface area contributed by atoms with E-state index >= 15 is 0 Å². The van der Waals surface area contributed by atoms with Gasteiger partial charge in [0.05, 0.1) is 6.26 Å². The van der Waals surface area contributed by atoms with Gasteiger partial charge in [0.2, 0.25) is 15.9 Å². The molecule has 0 radical (unpaired) electrons. The van der Waals surface area contributed by atoms with Crippen LogP contribution in [0.25, 0.3) is 0 Å². The zero-order valence-corrected chi connectivity index (χ0v) is 13.6. The van der Waals surface area contributed by atoms with Crippen LogP contribution in [0.3, 0.4) is 0 Å². The van der Waals surface area contributed by atoms with Crippen molar-refractivity contribution in [1.82, 2.24) is 9.71 Å². The highest BCUT2D eigenvalue weighted by atomic mass is 32.2. The van der Waals surface area contributed by atoms with E-state index in [2.05, 4.69) is 15.0 Å². The highest BCUT2D eigenvalue weighted by Gasteiger charge is 2.34. The number of H-pyrrole nitrogens is 1. The van der Waals surface area contributed by atoms with E-state index in [1.807, 2.05) is 0 Å². The van der Waals surface area contributed by atoms with E-state index in [9.17, 15) is 18.0 Å². The van der Waals surface area contributed by atoms with Crippen molar-refractivity contribution in [3.8, 4) is 0 Å². The Bertz CT molecular complexity index is 686. The summed E-state index contributed by atoms with van der Waals surface area (Å²) in [7, 11) is -3.56. The minimum Gasteiger partial charge on any atom is -0.325 e. The first-order valence-corrected chi connectivity index (χ1v) is 8.27. The standard InChI is InChI=1S/C13H21N3O4S/c1-8-6-7-9(11(17)14-8)15-12(18)10(13(2,3)4)16-21(5,19)20/h6-7,10,16H,1-5H3,(H,14,17)(H,15,18)/t10-/m1/s1. The Hall–Kier alpha value is -1.67. The molecule has 1 heterocycles. The summed E-state index contributed by atoms with van der Waals surface area (Å²) in [6, 6.07) is 2.13. The van der Waals surface area contributed by atoms with Crippen LogP contribution < -0.4 is 15.6 Å². The Kier molecular flexibility index (Phi) is 4.95. The van der Waals surface area contributed by atoms with Gasteiger partial charge < -0.3 is 10.3 Å². The van der Waals surface area contributed by atoms with Crippen LogP contribution in [0.1, 0.15) is 26.5 Å². The second-order valence-corrected chi connectivity index (χ2v) is 7.84. The molecule has 1 atom stereocenters. The molecule has 7 nitrogen and oxygen atoms in total. The molecule has 0 fully saturated rings. The first-order valence-electron chi connectivity index (χ1n) is 6.38. The molecular weight excluding hydrogens is 294 g/mol. The number of anilines is 1. The SMILES string of the molecule is Cc1ccc(NC(=O)[C@@H](NS(C)(=O)=O)C(C)(C)C)c(=O)[nH]1. The van der Waals surface area contributed by atoms with Crippen molar-refractivity contribution in [3.63, 3.8) is 0 Å². The molecule has 0 saturated carbocycles. The van der Waals surface area contributed by atoms with Crippen LogP contribution in [0.2, 0.25) is 0 Å². The molecule has 118 valence electrons. The van der Waals surface area contributed by atoms with Crippen molar-refractivity contribution in [2.24, 2.45) is 5.41 Å². The fourth-order valence-electron chi connectivity index (χ4n) is 1.71. The molecule has 21 heavy (non-hydrogen) atoms. The summed E-state index contributed by atoms with van der Waals surface area (Å²) in [6.07, 6.45) is 0.984. The number of pyridine rings is 1. The smallest absolute Gasteiger partial charge is 0.271 e. The number of nitrogens with one attached hydrogen (secondary N) is 3. The first-order chi connectivity index (χ1) is 9.40. The van der Waals surface area contributed by atoms with Gasteiger partial charge in [-0.3, -0.25) is 9.59 Å². The van der Waals surface area contributed by atoms with E-state index in [1.54, 1.807) is 33.8 Å². The van der Waals surface area contributed by atoms with E-state index in [4.69, 9.17) is 0 Å². The highest BCUT2D eigenvalue weighted by Crippen LogP contribution is 2.21. The number of aryl methyl sites for hydroxylation is 1. The third-order valence-corrected chi connectivity index (χ3v) is 3.44. The van der Waals surface area contributed by atoms with Crippen LogP contribution in [-0.2, 0) is 14.8 Å². The third kappa shape index (κ3) is 5.31. The van der Waals surface area contributed by atoms with Crippen LogP contribution >= 0.6 is 0 Å². The fourth-order valence-corrected chi connectivity index (χ4v) is 2.60. The van der Waals surface area contributed by atoms with Crippen molar-refractivity contribution in [2.75, 3.05) is 11.6 Å². The predicted octanol–water partition coefficient (Wildman–Crippen LogP) is 0.586. The second kappa shape index (κ2) is 5.98. The molecule has 0 aromatic carbocycles. The number of carbonyl (C=O) groups is 1. The van der Waals surface area contributed by atoms with Gasteiger partial charge in [-0.25, -0.2) is 13.1 Å². The third-order valence-electron chi connectivity index (χ3n) is 2.77. The Morgan fingerprint density at radius 2 is 1.86 bits per heavy atom. The van der Waals surface area contributed by atoms with Crippen LogP contribution in [0.4, 0.5) is 5.69 Å². The van der Waals surface area contributed by atoms with Crippen LogP contribution in [0, 0.1) is 12.3 Å². The van der Waals surface area contributed by atoms with Crippen molar-refractivity contribution in [1.29, 1.82) is 0 Å². The number of sulfonamides is 1. The number of aromatic amines is 1. The van der Waals surface area contributed by atoms with Gasteiger partial charge in [0.1, 0.15) is 11.7 Å². The lowest BCUT2D eigenvalue weighted by Crippen LogP contribution is -2.51. The Morgan fingerprint density at radius 3 is 2.29 bits per heavy atom. The zero-order valence-electron chi connectivity index (χ0n) is 12.8. The maximum Gasteiger partial charge on any atom is 0.271 e. The molecule has 1 aromatic rings.